The molecule has 0 amide bonds. The number of allylic oxidation sites excluding steroid dienone is 1. The fraction of sp³-hybridized carbons (Fsp3) is 0.176. The summed E-state index contributed by atoms with van der Waals surface area (Å²) in [5.74, 6) is -1.11. The number of anilines is 1. The molecule has 0 bridgehead atoms. The predicted molar refractivity (Wildman–Crippen MR) is 86.4 cm³/mol. The van der Waals surface area contributed by atoms with Gasteiger partial charge in [-0.1, -0.05) is 0 Å². The summed E-state index contributed by atoms with van der Waals surface area (Å²) in [5, 5.41) is 2.80. The third-order valence-electron chi connectivity index (χ3n) is 3.21. The molecule has 0 saturated carbocycles. The van der Waals surface area contributed by atoms with Crippen molar-refractivity contribution < 1.29 is 27.4 Å². The molecule has 2 rings (SSSR count). The molecule has 8 heteroatoms. The molecule has 1 heterocycles. The molecule has 0 aliphatic heterocycles. The number of pyridine rings is 1. The summed E-state index contributed by atoms with van der Waals surface area (Å²) in [4.78, 5) is 15.2. The number of hydrogen-bond acceptors (Lipinski definition) is 5. The average molecular weight is 352 g/mol. The second-order valence-electron chi connectivity index (χ2n) is 4.85. The number of nitrogens with one attached hydrogen (secondary N) is 1. The van der Waals surface area contributed by atoms with E-state index < -0.39 is 12.0 Å². The first-order valence-electron chi connectivity index (χ1n) is 7.07. The average Bonchev–Trinajstić information content (AvgIpc) is 2.60. The standard InChI is InChI=1S/C17H15F3N2O3/c1-24-14-4-3-12(9-15(14)25-2)22-13(10-16(23)17(18,19)20)11-5-7-21-8-6-11/h3-10,22H,1-2H3/b13-10-. The number of ketones is 1. The van der Waals surface area contributed by atoms with E-state index in [1.807, 2.05) is 0 Å². The molecule has 0 aliphatic carbocycles. The van der Waals surface area contributed by atoms with Gasteiger partial charge in [-0.25, -0.2) is 0 Å². The number of rotatable bonds is 6. The molecular formula is C17H15F3N2O3. The van der Waals surface area contributed by atoms with E-state index in [2.05, 4.69) is 10.3 Å². The van der Waals surface area contributed by atoms with Crippen LogP contribution in [0, 0.1) is 0 Å². The maximum atomic E-state index is 12.6. The molecule has 0 aliphatic rings. The zero-order valence-electron chi connectivity index (χ0n) is 13.4. The van der Waals surface area contributed by atoms with Crippen LogP contribution < -0.4 is 14.8 Å². The third kappa shape index (κ3) is 4.72. The fourth-order valence-electron chi connectivity index (χ4n) is 2.01. The summed E-state index contributed by atoms with van der Waals surface area (Å²) in [7, 11) is 2.91. The molecular weight excluding hydrogens is 337 g/mol. The van der Waals surface area contributed by atoms with Crippen LogP contribution in [-0.2, 0) is 4.79 Å². The van der Waals surface area contributed by atoms with Crippen molar-refractivity contribution in [3.8, 4) is 11.5 Å². The van der Waals surface area contributed by atoms with Gasteiger partial charge in [-0.05, 0) is 24.3 Å². The maximum absolute atomic E-state index is 12.6. The van der Waals surface area contributed by atoms with E-state index in [1.165, 1.54) is 38.7 Å². The van der Waals surface area contributed by atoms with Crippen LogP contribution in [-0.4, -0.2) is 31.2 Å². The normalized spacial score (nSPS) is 11.8. The van der Waals surface area contributed by atoms with Crippen LogP contribution in [0.3, 0.4) is 0 Å². The number of hydrogen-bond donors (Lipinski definition) is 1. The summed E-state index contributed by atoms with van der Waals surface area (Å²) in [5.41, 5.74) is 0.787. The molecule has 0 spiro atoms. The summed E-state index contributed by atoms with van der Waals surface area (Å²) in [6, 6.07) is 7.71. The lowest BCUT2D eigenvalue weighted by atomic mass is 10.1. The van der Waals surface area contributed by atoms with Gasteiger partial charge in [0, 0.05) is 41.5 Å². The second kappa shape index (κ2) is 7.69. The Hall–Kier alpha value is -3.03. The van der Waals surface area contributed by atoms with Gasteiger partial charge in [0.05, 0.1) is 14.2 Å². The number of ether oxygens (including phenoxy) is 2. The van der Waals surface area contributed by atoms with Gasteiger partial charge in [0.25, 0.3) is 5.78 Å². The van der Waals surface area contributed by atoms with Crippen molar-refractivity contribution in [2.24, 2.45) is 0 Å². The molecule has 2 aromatic rings. The lowest BCUT2D eigenvalue weighted by Gasteiger charge is -2.14. The Labute approximate surface area is 142 Å². The van der Waals surface area contributed by atoms with Crippen LogP contribution >= 0.6 is 0 Å². The van der Waals surface area contributed by atoms with Gasteiger partial charge in [-0.2, -0.15) is 13.2 Å². The van der Waals surface area contributed by atoms with Gasteiger partial charge in [0.15, 0.2) is 11.5 Å². The van der Waals surface area contributed by atoms with E-state index in [9.17, 15) is 18.0 Å². The minimum atomic E-state index is -4.96. The van der Waals surface area contributed by atoms with E-state index in [1.54, 1.807) is 18.2 Å². The summed E-state index contributed by atoms with van der Waals surface area (Å²) in [6.45, 7) is 0. The molecule has 0 atom stereocenters. The van der Waals surface area contributed by atoms with Crippen molar-refractivity contribution in [3.05, 3.63) is 54.4 Å². The number of carbonyl (C=O) groups is 1. The van der Waals surface area contributed by atoms with Gasteiger partial charge in [0.1, 0.15) is 0 Å². The first-order chi connectivity index (χ1) is 11.8. The van der Waals surface area contributed by atoms with Gasteiger partial charge in [0.2, 0.25) is 0 Å². The molecule has 5 nitrogen and oxygen atoms in total. The van der Waals surface area contributed by atoms with Crippen molar-refractivity contribution in [1.82, 2.24) is 4.98 Å². The highest BCUT2D eigenvalue weighted by atomic mass is 19.4. The maximum Gasteiger partial charge on any atom is 0.454 e. The molecule has 25 heavy (non-hydrogen) atoms. The van der Waals surface area contributed by atoms with Crippen LogP contribution in [0.25, 0.3) is 5.70 Å². The van der Waals surface area contributed by atoms with E-state index in [0.717, 1.165) is 0 Å². The largest absolute Gasteiger partial charge is 0.493 e. The first kappa shape index (κ1) is 18.3. The number of methoxy groups -OCH3 is 2. The van der Waals surface area contributed by atoms with Crippen LogP contribution in [0.4, 0.5) is 18.9 Å². The molecule has 0 unspecified atom stereocenters. The Bertz CT molecular complexity index is 774. The van der Waals surface area contributed by atoms with Crippen LogP contribution in [0.1, 0.15) is 5.56 Å². The van der Waals surface area contributed by atoms with Crippen LogP contribution in [0.15, 0.2) is 48.8 Å². The van der Waals surface area contributed by atoms with Crippen molar-refractivity contribution in [1.29, 1.82) is 0 Å². The van der Waals surface area contributed by atoms with E-state index in [0.29, 0.717) is 28.8 Å². The molecule has 0 fully saturated rings. The Morgan fingerprint density at radius 3 is 2.28 bits per heavy atom. The fourth-order valence-corrected chi connectivity index (χ4v) is 2.01. The Morgan fingerprint density at radius 1 is 1.08 bits per heavy atom. The van der Waals surface area contributed by atoms with Gasteiger partial charge >= 0.3 is 6.18 Å². The molecule has 1 aromatic heterocycles. The highest BCUT2D eigenvalue weighted by Gasteiger charge is 2.36. The third-order valence-corrected chi connectivity index (χ3v) is 3.21. The smallest absolute Gasteiger partial charge is 0.454 e. The number of nitrogens with zero attached hydrogens (tertiary/aromatic N) is 1. The Balaban J connectivity index is 2.41. The number of halogens is 3. The van der Waals surface area contributed by atoms with Crippen LogP contribution in [0.5, 0.6) is 11.5 Å². The molecule has 1 N–H and O–H groups in total. The number of benzene rings is 1. The zero-order valence-corrected chi connectivity index (χ0v) is 13.4. The minimum Gasteiger partial charge on any atom is -0.493 e. The van der Waals surface area contributed by atoms with Crippen molar-refractivity contribution >= 4 is 17.2 Å². The SMILES string of the molecule is COc1ccc(N/C(=C\C(=O)C(F)(F)F)c2ccncc2)cc1OC. The quantitative estimate of drug-likeness (QED) is 0.804. The monoisotopic (exact) mass is 352 g/mol. The van der Waals surface area contributed by atoms with Crippen molar-refractivity contribution in [2.75, 3.05) is 19.5 Å². The lowest BCUT2D eigenvalue weighted by Crippen LogP contribution is -2.21. The van der Waals surface area contributed by atoms with Crippen molar-refractivity contribution in [2.45, 2.75) is 6.18 Å². The minimum absolute atomic E-state index is 0.0167. The highest BCUT2D eigenvalue weighted by Crippen LogP contribution is 2.31. The van der Waals surface area contributed by atoms with E-state index >= 15 is 0 Å². The summed E-state index contributed by atoms with van der Waals surface area (Å²) >= 11 is 0. The van der Waals surface area contributed by atoms with E-state index in [4.69, 9.17) is 9.47 Å². The topological polar surface area (TPSA) is 60.5 Å². The summed E-state index contributed by atoms with van der Waals surface area (Å²) < 4.78 is 48.1. The second-order valence-corrected chi connectivity index (χ2v) is 4.85. The van der Waals surface area contributed by atoms with E-state index in [-0.39, 0.29) is 5.70 Å². The number of aromatic nitrogens is 1. The Morgan fingerprint density at radius 2 is 1.72 bits per heavy atom. The number of carbonyl (C=O) groups excluding carboxylic acids is 1. The number of alkyl halides is 3. The van der Waals surface area contributed by atoms with Crippen LogP contribution in [0.2, 0.25) is 0 Å². The molecule has 1 aromatic carbocycles. The van der Waals surface area contributed by atoms with Gasteiger partial charge < -0.3 is 14.8 Å². The van der Waals surface area contributed by atoms with Crippen molar-refractivity contribution in [3.63, 3.8) is 0 Å². The predicted octanol–water partition coefficient (Wildman–Crippen LogP) is 3.68. The highest BCUT2D eigenvalue weighted by molar-refractivity contribution is 6.02. The van der Waals surface area contributed by atoms with Gasteiger partial charge in [-0.3, -0.25) is 9.78 Å². The molecule has 132 valence electrons. The first-order valence-corrected chi connectivity index (χ1v) is 7.07. The Kier molecular flexibility index (Phi) is 5.63. The lowest BCUT2D eigenvalue weighted by molar-refractivity contribution is -0.165. The van der Waals surface area contributed by atoms with Gasteiger partial charge in [-0.15, -0.1) is 0 Å². The molecule has 0 saturated heterocycles. The summed E-state index contributed by atoms with van der Waals surface area (Å²) in [6.07, 6.45) is -1.63. The zero-order chi connectivity index (χ0) is 18.4. The molecule has 0 radical (unpaired) electrons.